The molecule has 19 heavy (non-hydrogen) atoms. The highest BCUT2D eigenvalue weighted by Gasteiger charge is 2.12. The number of nitrogens with zero attached hydrogens (tertiary/aromatic N) is 4. The van der Waals surface area contributed by atoms with Crippen LogP contribution in [0.5, 0.6) is 0 Å². The fourth-order valence-corrected chi connectivity index (χ4v) is 2.44. The van der Waals surface area contributed by atoms with Crippen molar-refractivity contribution in [3.8, 4) is 0 Å². The van der Waals surface area contributed by atoms with Crippen LogP contribution in [0, 0.1) is 13.8 Å². The number of hydrogen-bond acceptors (Lipinski definition) is 3. The van der Waals surface area contributed by atoms with E-state index >= 15 is 0 Å². The Hall–Kier alpha value is -1.62. The number of aromatic nitrogens is 4. The Morgan fingerprint density at radius 1 is 1.26 bits per heavy atom. The molecule has 2 heterocycles. The van der Waals surface area contributed by atoms with Gasteiger partial charge in [-0.05, 0) is 44.9 Å². The van der Waals surface area contributed by atoms with E-state index in [1.807, 2.05) is 11.7 Å². The summed E-state index contributed by atoms with van der Waals surface area (Å²) in [4.78, 5) is 0. The topological polar surface area (TPSA) is 61.7 Å². The highest BCUT2D eigenvalue weighted by molar-refractivity contribution is 5.25. The molecule has 0 aliphatic carbocycles. The first-order valence-corrected chi connectivity index (χ1v) is 6.81. The van der Waals surface area contributed by atoms with Crippen molar-refractivity contribution in [3.05, 3.63) is 34.4 Å². The summed E-state index contributed by atoms with van der Waals surface area (Å²) in [6, 6.07) is 2.15. The molecule has 0 saturated carbocycles. The zero-order chi connectivity index (χ0) is 14.0. The van der Waals surface area contributed by atoms with Gasteiger partial charge in [0.15, 0.2) is 0 Å². The van der Waals surface area contributed by atoms with Gasteiger partial charge in [-0.3, -0.25) is 9.36 Å². The van der Waals surface area contributed by atoms with E-state index in [0.717, 1.165) is 30.8 Å². The van der Waals surface area contributed by atoms with Crippen molar-refractivity contribution in [3.63, 3.8) is 0 Å². The Morgan fingerprint density at radius 2 is 2.00 bits per heavy atom. The van der Waals surface area contributed by atoms with Crippen molar-refractivity contribution in [2.24, 2.45) is 12.8 Å². The Balaban J connectivity index is 2.28. The van der Waals surface area contributed by atoms with Crippen molar-refractivity contribution >= 4 is 0 Å². The van der Waals surface area contributed by atoms with Crippen LogP contribution < -0.4 is 5.73 Å². The van der Waals surface area contributed by atoms with Crippen LogP contribution in [-0.4, -0.2) is 26.1 Å². The molecule has 2 aromatic rings. The molecule has 2 N–H and O–H groups in total. The third kappa shape index (κ3) is 2.71. The lowest BCUT2D eigenvalue weighted by Gasteiger charge is -2.05. The minimum absolute atomic E-state index is 0.666. The van der Waals surface area contributed by atoms with Crippen LogP contribution in [0.15, 0.2) is 6.07 Å². The molecule has 0 radical (unpaired) electrons. The van der Waals surface area contributed by atoms with Gasteiger partial charge in [0, 0.05) is 12.7 Å². The van der Waals surface area contributed by atoms with Crippen molar-refractivity contribution in [2.45, 2.75) is 40.2 Å². The smallest absolute Gasteiger partial charge is 0.0831 e. The second-order valence-electron chi connectivity index (χ2n) is 4.95. The molecule has 0 bridgehead atoms. The Bertz CT molecular complexity index is 565. The van der Waals surface area contributed by atoms with Gasteiger partial charge >= 0.3 is 0 Å². The van der Waals surface area contributed by atoms with Crippen molar-refractivity contribution < 1.29 is 0 Å². The summed E-state index contributed by atoms with van der Waals surface area (Å²) >= 11 is 0. The Kier molecular flexibility index (Phi) is 4.04. The van der Waals surface area contributed by atoms with Crippen LogP contribution in [0.4, 0.5) is 0 Å². The highest BCUT2D eigenvalue weighted by atomic mass is 15.3. The second-order valence-corrected chi connectivity index (χ2v) is 4.95. The SMILES string of the molecule is CCc1cc(Cn2nc(C)c(CCN)c2C)n(C)n1. The molecule has 0 aromatic carbocycles. The molecule has 2 aromatic heterocycles. The maximum absolute atomic E-state index is 5.65. The van der Waals surface area contributed by atoms with Gasteiger partial charge < -0.3 is 5.73 Å². The molecule has 0 amide bonds. The normalized spacial score (nSPS) is 11.2. The lowest BCUT2D eigenvalue weighted by atomic mass is 10.1. The molecule has 0 unspecified atom stereocenters. The number of hydrogen-bond donors (Lipinski definition) is 1. The average Bonchev–Trinajstić information content (AvgIpc) is 2.86. The monoisotopic (exact) mass is 261 g/mol. The van der Waals surface area contributed by atoms with Crippen LogP contribution in [-0.2, 0) is 26.4 Å². The lowest BCUT2D eigenvalue weighted by molar-refractivity contribution is 0.602. The molecule has 0 atom stereocenters. The Labute approximate surface area is 114 Å². The van der Waals surface area contributed by atoms with E-state index in [-0.39, 0.29) is 0 Å². The van der Waals surface area contributed by atoms with E-state index in [9.17, 15) is 0 Å². The third-order valence-electron chi connectivity index (χ3n) is 3.63. The third-order valence-corrected chi connectivity index (χ3v) is 3.63. The minimum atomic E-state index is 0.666. The van der Waals surface area contributed by atoms with Crippen LogP contribution in [0.1, 0.15) is 35.3 Å². The molecule has 0 aliphatic heterocycles. The largest absolute Gasteiger partial charge is 0.330 e. The molecular formula is C14H23N5. The van der Waals surface area contributed by atoms with Crippen molar-refractivity contribution in [1.29, 1.82) is 0 Å². The molecule has 2 rings (SSSR count). The maximum atomic E-state index is 5.65. The van der Waals surface area contributed by atoms with Gasteiger partial charge in [0.05, 0.1) is 23.6 Å². The van der Waals surface area contributed by atoms with Crippen molar-refractivity contribution in [1.82, 2.24) is 19.6 Å². The summed E-state index contributed by atoms with van der Waals surface area (Å²) in [5.41, 5.74) is 11.5. The quantitative estimate of drug-likeness (QED) is 0.883. The van der Waals surface area contributed by atoms with Gasteiger partial charge in [0.25, 0.3) is 0 Å². The number of aryl methyl sites for hydroxylation is 3. The van der Waals surface area contributed by atoms with Crippen LogP contribution in [0.3, 0.4) is 0 Å². The van der Waals surface area contributed by atoms with Crippen LogP contribution in [0.2, 0.25) is 0 Å². The second kappa shape index (κ2) is 5.57. The predicted octanol–water partition coefficient (Wildman–Crippen LogP) is 1.35. The average molecular weight is 261 g/mol. The first-order chi connectivity index (χ1) is 9.06. The summed E-state index contributed by atoms with van der Waals surface area (Å²) in [6.07, 6.45) is 1.85. The first-order valence-electron chi connectivity index (χ1n) is 6.81. The summed E-state index contributed by atoms with van der Waals surface area (Å²) < 4.78 is 3.99. The molecule has 5 nitrogen and oxygen atoms in total. The van der Waals surface area contributed by atoms with Gasteiger partial charge in [0.1, 0.15) is 0 Å². The molecule has 104 valence electrons. The fourth-order valence-electron chi connectivity index (χ4n) is 2.44. The van der Waals surface area contributed by atoms with Crippen LogP contribution in [0.25, 0.3) is 0 Å². The predicted molar refractivity (Wildman–Crippen MR) is 76.1 cm³/mol. The van der Waals surface area contributed by atoms with E-state index < -0.39 is 0 Å². The molecule has 0 fully saturated rings. The van der Waals surface area contributed by atoms with E-state index in [1.54, 1.807) is 0 Å². The molecule has 0 spiro atoms. The summed E-state index contributed by atoms with van der Waals surface area (Å²) in [7, 11) is 1.99. The van der Waals surface area contributed by atoms with Gasteiger partial charge in [-0.15, -0.1) is 0 Å². The minimum Gasteiger partial charge on any atom is -0.330 e. The summed E-state index contributed by atoms with van der Waals surface area (Å²) in [5.74, 6) is 0. The molecule has 5 heteroatoms. The summed E-state index contributed by atoms with van der Waals surface area (Å²) in [5, 5.41) is 9.10. The molecule has 0 aliphatic rings. The van der Waals surface area contributed by atoms with Gasteiger partial charge in [-0.25, -0.2) is 0 Å². The number of rotatable bonds is 5. The van der Waals surface area contributed by atoms with Gasteiger partial charge in [-0.1, -0.05) is 6.92 Å². The van der Waals surface area contributed by atoms with Gasteiger partial charge in [-0.2, -0.15) is 10.2 Å². The highest BCUT2D eigenvalue weighted by Crippen LogP contribution is 2.15. The van der Waals surface area contributed by atoms with E-state index in [0.29, 0.717) is 6.54 Å². The van der Waals surface area contributed by atoms with E-state index in [1.165, 1.54) is 17.0 Å². The molecule has 0 saturated heterocycles. The number of nitrogens with two attached hydrogens (primary N) is 1. The zero-order valence-electron chi connectivity index (χ0n) is 12.3. The zero-order valence-corrected chi connectivity index (χ0v) is 12.3. The Morgan fingerprint density at radius 3 is 2.58 bits per heavy atom. The van der Waals surface area contributed by atoms with Crippen LogP contribution >= 0.6 is 0 Å². The van der Waals surface area contributed by atoms with E-state index in [2.05, 4.69) is 41.7 Å². The first kappa shape index (κ1) is 13.8. The standard InChI is InChI=1S/C14H23N5/c1-5-12-8-13(18(4)17-12)9-19-11(3)14(6-7-15)10(2)16-19/h8H,5-7,9,15H2,1-4H3. The van der Waals surface area contributed by atoms with Crippen molar-refractivity contribution in [2.75, 3.05) is 6.54 Å². The lowest BCUT2D eigenvalue weighted by Crippen LogP contribution is -2.09. The molecular weight excluding hydrogens is 238 g/mol. The van der Waals surface area contributed by atoms with E-state index in [4.69, 9.17) is 5.73 Å². The maximum Gasteiger partial charge on any atom is 0.0831 e. The fraction of sp³-hybridized carbons (Fsp3) is 0.571. The summed E-state index contributed by atoms with van der Waals surface area (Å²) in [6.45, 7) is 7.71. The van der Waals surface area contributed by atoms with Gasteiger partial charge in [0.2, 0.25) is 0 Å².